The number of hydrogen-bond donors (Lipinski definition) is 0. The molecular formula is C18H20O4. The monoisotopic (exact) mass is 300 g/mol. The van der Waals surface area contributed by atoms with Crippen LogP contribution in [-0.2, 0) is 20.7 Å². The van der Waals surface area contributed by atoms with Gasteiger partial charge in [-0.1, -0.05) is 30.3 Å². The van der Waals surface area contributed by atoms with E-state index in [0.717, 1.165) is 16.3 Å². The van der Waals surface area contributed by atoms with Crippen molar-refractivity contribution >= 4 is 22.7 Å². The third-order valence-electron chi connectivity index (χ3n) is 3.37. The van der Waals surface area contributed by atoms with Gasteiger partial charge in [0.05, 0.1) is 18.8 Å². The average Bonchev–Trinajstić information content (AvgIpc) is 2.52. The lowest BCUT2D eigenvalue weighted by atomic mass is 9.97. The van der Waals surface area contributed by atoms with Crippen LogP contribution in [-0.4, -0.2) is 25.2 Å². The summed E-state index contributed by atoms with van der Waals surface area (Å²) in [6.45, 7) is 4.24. The lowest BCUT2D eigenvalue weighted by Crippen LogP contribution is -2.11. The van der Waals surface area contributed by atoms with Crippen LogP contribution < -0.4 is 0 Å². The van der Waals surface area contributed by atoms with E-state index < -0.39 is 0 Å². The molecule has 0 spiro atoms. The lowest BCUT2D eigenvalue weighted by Gasteiger charge is -2.11. The number of rotatable bonds is 6. The molecule has 2 rings (SSSR count). The van der Waals surface area contributed by atoms with E-state index in [9.17, 15) is 9.59 Å². The number of esters is 2. The molecule has 2 aromatic rings. The molecular weight excluding hydrogens is 280 g/mol. The zero-order valence-electron chi connectivity index (χ0n) is 12.9. The van der Waals surface area contributed by atoms with E-state index in [2.05, 4.69) is 0 Å². The minimum absolute atomic E-state index is 0.249. The third kappa shape index (κ3) is 3.85. The van der Waals surface area contributed by atoms with Gasteiger partial charge in [0.2, 0.25) is 0 Å². The summed E-state index contributed by atoms with van der Waals surface area (Å²) in [7, 11) is 0. The zero-order valence-corrected chi connectivity index (χ0v) is 12.9. The summed E-state index contributed by atoms with van der Waals surface area (Å²) in [5, 5.41) is 2.01. The van der Waals surface area contributed by atoms with Gasteiger partial charge in [0.1, 0.15) is 0 Å². The summed E-state index contributed by atoms with van der Waals surface area (Å²) in [6.07, 6.45) is 0.705. The number of fused-ring (bicyclic) bond motifs is 1. The molecule has 0 saturated heterocycles. The van der Waals surface area contributed by atoms with Crippen molar-refractivity contribution in [1.82, 2.24) is 0 Å². The van der Waals surface area contributed by atoms with Crippen molar-refractivity contribution in [2.45, 2.75) is 26.7 Å². The van der Waals surface area contributed by atoms with E-state index in [1.807, 2.05) is 36.4 Å². The van der Waals surface area contributed by atoms with E-state index in [1.165, 1.54) is 0 Å². The molecule has 0 N–H and O–H groups in total. The Kier molecular flexibility index (Phi) is 5.53. The minimum atomic E-state index is -0.355. The van der Waals surface area contributed by atoms with Crippen LogP contribution >= 0.6 is 0 Å². The molecule has 0 radical (unpaired) electrons. The molecule has 0 saturated carbocycles. The molecule has 116 valence electrons. The summed E-state index contributed by atoms with van der Waals surface area (Å²) < 4.78 is 10.1. The van der Waals surface area contributed by atoms with E-state index in [-0.39, 0.29) is 18.4 Å². The molecule has 0 amide bonds. The molecule has 0 aromatic heterocycles. The Morgan fingerprint density at radius 1 is 0.955 bits per heavy atom. The number of benzene rings is 2. The number of carbonyl (C=O) groups excluding carboxylic acids is 2. The number of ether oxygens (including phenoxy) is 2. The summed E-state index contributed by atoms with van der Waals surface area (Å²) in [5.41, 5.74) is 1.33. The van der Waals surface area contributed by atoms with Gasteiger partial charge in [-0.3, -0.25) is 4.79 Å². The first kappa shape index (κ1) is 16.0. The van der Waals surface area contributed by atoms with Crippen LogP contribution in [0.5, 0.6) is 0 Å². The van der Waals surface area contributed by atoms with E-state index >= 15 is 0 Å². The minimum Gasteiger partial charge on any atom is -0.466 e. The number of hydrogen-bond acceptors (Lipinski definition) is 4. The molecule has 2 aromatic carbocycles. The van der Waals surface area contributed by atoms with E-state index in [0.29, 0.717) is 25.2 Å². The molecule has 0 atom stereocenters. The van der Waals surface area contributed by atoms with Crippen LogP contribution in [0.4, 0.5) is 0 Å². The molecule has 0 aliphatic rings. The number of aryl methyl sites for hydroxylation is 1. The second-order valence-electron chi connectivity index (χ2n) is 4.88. The maximum Gasteiger partial charge on any atom is 0.338 e. The van der Waals surface area contributed by atoms with Gasteiger partial charge in [0.25, 0.3) is 0 Å². The van der Waals surface area contributed by atoms with Crippen molar-refractivity contribution in [2.24, 2.45) is 0 Å². The van der Waals surface area contributed by atoms with Crippen molar-refractivity contribution < 1.29 is 19.1 Å². The highest BCUT2D eigenvalue weighted by molar-refractivity contribution is 5.97. The maximum absolute atomic E-state index is 12.1. The first-order chi connectivity index (χ1) is 10.7. The quantitative estimate of drug-likeness (QED) is 0.766. The van der Waals surface area contributed by atoms with E-state index in [4.69, 9.17) is 9.47 Å². The highest BCUT2D eigenvalue weighted by Crippen LogP contribution is 2.22. The Balaban J connectivity index is 2.33. The fourth-order valence-electron chi connectivity index (χ4n) is 2.36. The number of carbonyl (C=O) groups is 2. The molecule has 0 heterocycles. The highest BCUT2D eigenvalue weighted by atomic mass is 16.5. The van der Waals surface area contributed by atoms with Gasteiger partial charge >= 0.3 is 11.9 Å². The Hall–Kier alpha value is -2.36. The van der Waals surface area contributed by atoms with Crippen molar-refractivity contribution in [3.05, 3.63) is 47.5 Å². The van der Waals surface area contributed by atoms with Gasteiger partial charge in [-0.15, -0.1) is 0 Å². The largest absolute Gasteiger partial charge is 0.466 e. The summed E-state index contributed by atoms with van der Waals surface area (Å²) in [4.78, 5) is 23.7. The van der Waals surface area contributed by atoms with Gasteiger partial charge in [-0.2, -0.15) is 0 Å². The van der Waals surface area contributed by atoms with Crippen molar-refractivity contribution in [2.75, 3.05) is 13.2 Å². The SMILES string of the molecule is CCOC(=O)CCc1cc2ccccc2cc1C(=O)OCC. The Morgan fingerprint density at radius 3 is 2.23 bits per heavy atom. The molecule has 0 unspecified atom stereocenters. The Labute approximate surface area is 130 Å². The summed E-state index contributed by atoms with van der Waals surface area (Å²) in [5.74, 6) is -0.613. The summed E-state index contributed by atoms with van der Waals surface area (Å²) in [6, 6.07) is 11.6. The fourth-order valence-corrected chi connectivity index (χ4v) is 2.36. The average molecular weight is 300 g/mol. The second-order valence-corrected chi connectivity index (χ2v) is 4.88. The predicted octanol–water partition coefficient (Wildman–Crippen LogP) is 3.51. The van der Waals surface area contributed by atoms with Gasteiger partial charge in [0, 0.05) is 6.42 Å². The highest BCUT2D eigenvalue weighted by Gasteiger charge is 2.15. The van der Waals surface area contributed by atoms with E-state index in [1.54, 1.807) is 13.8 Å². The fraction of sp³-hybridized carbons (Fsp3) is 0.333. The van der Waals surface area contributed by atoms with Crippen molar-refractivity contribution in [3.63, 3.8) is 0 Å². The zero-order chi connectivity index (χ0) is 15.9. The molecule has 0 aliphatic carbocycles. The first-order valence-corrected chi connectivity index (χ1v) is 7.50. The Morgan fingerprint density at radius 2 is 1.59 bits per heavy atom. The third-order valence-corrected chi connectivity index (χ3v) is 3.37. The normalized spacial score (nSPS) is 10.5. The van der Waals surface area contributed by atoms with Crippen LogP contribution in [0.25, 0.3) is 10.8 Å². The maximum atomic E-state index is 12.1. The molecule has 0 fully saturated rings. The van der Waals surface area contributed by atoms with Crippen LogP contribution in [0.3, 0.4) is 0 Å². The van der Waals surface area contributed by atoms with Crippen LogP contribution in [0, 0.1) is 0 Å². The van der Waals surface area contributed by atoms with Crippen molar-refractivity contribution in [1.29, 1.82) is 0 Å². The predicted molar refractivity (Wildman–Crippen MR) is 84.9 cm³/mol. The molecule has 22 heavy (non-hydrogen) atoms. The second kappa shape index (κ2) is 7.59. The molecule has 4 nitrogen and oxygen atoms in total. The summed E-state index contributed by atoms with van der Waals surface area (Å²) >= 11 is 0. The van der Waals surface area contributed by atoms with Crippen LogP contribution in [0.1, 0.15) is 36.2 Å². The topological polar surface area (TPSA) is 52.6 Å². The standard InChI is InChI=1S/C18H20O4/c1-3-21-17(19)10-9-15-11-13-7-5-6-8-14(13)12-16(15)18(20)22-4-2/h5-8,11-12H,3-4,9-10H2,1-2H3. The first-order valence-electron chi connectivity index (χ1n) is 7.50. The smallest absolute Gasteiger partial charge is 0.338 e. The van der Waals surface area contributed by atoms with Gasteiger partial charge in [-0.05, 0) is 42.7 Å². The van der Waals surface area contributed by atoms with Gasteiger partial charge < -0.3 is 9.47 Å². The van der Waals surface area contributed by atoms with Gasteiger partial charge in [-0.25, -0.2) is 4.79 Å². The molecule has 4 heteroatoms. The van der Waals surface area contributed by atoms with Crippen molar-refractivity contribution in [3.8, 4) is 0 Å². The van der Waals surface area contributed by atoms with Gasteiger partial charge in [0.15, 0.2) is 0 Å². The molecule has 0 bridgehead atoms. The van der Waals surface area contributed by atoms with Crippen LogP contribution in [0.15, 0.2) is 36.4 Å². The van der Waals surface area contributed by atoms with Crippen LogP contribution in [0.2, 0.25) is 0 Å². The lowest BCUT2D eigenvalue weighted by molar-refractivity contribution is -0.143. The molecule has 0 aliphatic heterocycles. The Bertz CT molecular complexity index is 676.